The molecule has 1 aromatic carbocycles. The van der Waals surface area contributed by atoms with Gasteiger partial charge in [-0.25, -0.2) is 4.99 Å². The van der Waals surface area contributed by atoms with E-state index in [1.165, 1.54) is 36.8 Å². The second-order valence-corrected chi connectivity index (χ2v) is 5.06. The summed E-state index contributed by atoms with van der Waals surface area (Å²) >= 11 is 0. The zero-order valence-electron chi connectivity index (χ0n) is 11.2. The fourth-order valence-corrected chi connectivity index (χ4v) is 2.38. The van der Waals surface area contributed by atoms with Crippen LogP contribution < -0.4 is 5.73 Å². The number of aliphatic imine (C=N–C) groups is 1. The Hall–Kier alpha value is -1.51. The van der Waals surface area contributed by atoms with Crippen LogP contribution in [0.25, 0.3) is 0 Å². The molecule has 3 nitrogen and oxygen atoms in total. The summed E-state index contributed by atoms with van der Waals surface area (Å²) in [4.78, 5) is 6.75. The van der Waals surface area contributed by atoms with Gasteiger partial charge in [0.25, 0.3) is 0 Å². The Bertz CT molecular complexity index is 404. The van der Waals surface area contributed by atoms with Crippen LogP contribution >= 0.6 is 0 Å². The van der Waals surface area contributed by atoms with E-state index in [0.717, 1.165) is 13.1 Å². The molecule has 0 unspecified atom stereocenters. The first-order valence-electron chi connectivity index (χ1n) is 6.86. The summed E-state index contributed by atoms with van der Waals surface area (Å²) in [6, 6.07) is 8.44. The van der Waals surface area contributed by atoms with Crippen molar-refractivity contribution in [3.05, 3.63) is 35.4 Å². The van der Waals surface area contributed by atoms with Crippen LogP contribution in [0.1, 0.15) is 36.8 Å². The van der Waals surface area contributed by atoms with E-state index in [0.29, 0.717) is 12.5 Å². The van der Waals surface area contributed by atoms with Crippen LogP contribution in [0.2, 0.25) is 0 Å². The van der Waals surface area contributed by atoms with E-state index in [1.54, 1.807) is 0 Å². The first kappa shape index (κ1) is 12.9. The van der Waals surface area contributed by atoms with Crippen LogP contribution in [0.3, 0.4) is 0 Å². The van der Waals surface area contributed by atoms with E-state index in [2.05, 4.69) is 41.1 Å². The summed E-state index contributed by atoms with van der Waals surface area (Å²) < 4.78 is 0. The normalized spacial score (nSPS) is 17.6. The Kier molecular flexibility index (Phi) is 4.62. The highest BCUT2D eigenvalue weighted by atomic mass is 15.2. The lowest BCUT2D eigenvalue weighted by Gasteiger charge is -2.21. The van der Waals surface area contributed by atoms with Gasteiger partial charge in [0.05, 0.1) is 6.54 Å². The van der Waals surface area contributed by atoms with Gasteiger partial charge in [-0.2, -0.15) is 0 Å². The van der Waals surface area contributed by atoms with E-state index < -0.39 is 0 Å². The molecule has 0 spiro atoms. The molecule has 1 aliphatic heterocycles. The predicted molar refractivity (Wildman–Crippen MR) is 76.5 cm³/mol. The molecule has 0 aliphatic carbocycles. The molecule has 2 N–H and O–H groups in total. The number of guanidine groups is 1. The van der Waals surface area contributed by atoms with Gasteiger partial charge in [-0.3, -0.25) is 0 Å². The largest absolute Gasteiger partial charge is 0.370 e. The lowest BCUT2D eigenvalue weighted by Crippen LogP contribution is -2.38. The summed E-state index contributed by atoms with van der Waals surface area (Å²) in [5, 5.41) is 0. The molecule has 2 rings (SSSR count). The topological polar surface area (TPSA) is 41.6 Å². The number of rotatable bonds is 2. The molecule has 1 fully saturated rings. The van der Waals surface area contributed by atoms with Crippen LogP contribution in [-0.4, -0.2) is 23.9 Å². The number of benzene rings is 1. The average molecular weight is 245 g/mol. The maximum atomic E-state index is 6.08. The Morgan fingerprint density at radius 2 is 1.94 bits per heavy atom. The molecule has 0 aromatic heterocycles. The van der Waals surface area contributed by atoms with Gasteiger partial charge in [-0.15, -0.1) is 0 Å². The van der Waals surface area contributed by atoms with Gasteiger partial charge in [-0.05, 0) is 25.3 Å². The molecule has 1 saturated heterocycles. The molecule has 0 amide bonds. The summed E-state index contributed by atoms with van der Waals surface area (Å²) in [7, 11) is 0. The molecule has 1 heterocycles. The zero-order chi connectivity index (χ0) is 12.8. The maximum absolute atomic E-state index is 6.08. The van der Waals surface area contributed by atoms with Gasteiger partial charge < -0.3 is 10.6 Å². The van der Waals surface area contributed by atoms with Crippen LogP contribution in [-0.2, 0) is 6.54 Å². The fourth-order valence-electron chi connectivity index (χ4n) is 2.38. The van der Waals surface area contributed by atoms with E-state index in [4.69, 9.17) is 5.73 Å². The minimum Gasteiger partial charge on any atom is -0.370 e. The molecule has 98 valence electrons. The van der Waals surface area contributed by atoms with Crippen molar-refractivity contribution in [3.8, 4) is 0 Å². The average Bonchev–Trinajstić information content (AvgIpc) is 2.65. The van der Waals surface area contributed by atoms with E-state index in [-0.39, 0.29) is 0 Å². The molecule has 0 atom stereocenters. The highest BCUT2D eigenvalue weighted by Gasteiger charge is 2.10. The van der Waals surface area contributed by atoms with Crippen molar-refractivity contribution >= 4 is 5.96 Å². The Labute approximate surface area is 110 Å². The second kappa shape index (κ2) is 6.43. The number of aryl methyl sites for hydroxylation is 1. The highest BCUT2D eigenvalue weighted by Crippen LogP contribution is 2.10. The van der Waals surface area contributed by atoms with Crippen molar-refractivity contribution < 1.29 is 0 Å². The minimum atomic E-state index is 0.685. The number of nitrogens with zero attached hydrogens (tertiary/aromatic N) is 2. The molecular formula is C15H23N3. The molecule has 1 aliphatic rings. The van der Waals surface area contributed by atoms with Crippen LogP contribution in [0.5, 0.6) is 0 Å². The zero-order valence-corrected chi connectivity index (χ0v) is 11.2. The summed E-state index contributed by atoms with van der Waals surface area (Å²) in [5.41, 5.74) is 8.58. The Balaban J connectivity index is 1.95. The summed E-state index contributed by atoms with van der Waals surface area (Å²) in [5.74, 6) is 0.707. The van der Waals surface area contributed by atoms with Crippen molar-refractivity contribution in [2.24, 2.45) is 10.7 Å². The lowest BCUT2D eigenvalue weighted by atomic mass is 10.1. The van der Waals surface area contributed by atoms with Gasteiger partial charge in [0.15, 0.2) is 5.96 Å². The van der Waals surface area contributed by atoms with Gasteiger partial charge in [0.1, 0.15) is 0 Å². The van der Waals surface area contributed by atoms with Crippen molar-refractivity contribution in [1.29, 1.82) is 0 Å². The first-order valence-corrected chi connectivity index (χ1v) is 6.86. The molecule has 1 aromatic rings. The van der Waals surface area contributed by atoms with Gasteiger partial charge >= 0.3 is 0 Å². The third kappa shape index (κ3) is 3.76. The second-order valence-electron chi connectivity index (χ2n) is 5.06. The molecular weight excluding hydrogens is 222 g/mol. The smallest absolute Gasteiger partial charge is 0.191 e. The van der Waals surface area contributed by atoms with Gasteiger partial charge in [0, 0.05) is 13.1 Å². The first-order chi connectivity index (χ1) is 8.75. The van der Waals surface area contributed by atoms with Crippen LogP contribution in [0.4, 0.5) is 0 Å². The lowest BCUT2D eigenvalue weighted by molar-refractivity contribution is 0.428. The molecule has 0 saturated carbocycles. The van der Waals surface area contributed by atoms with Crippen molar-refractivity contribution in [2.75, 3.05) is 13.1 Å². The quantitative estimate of drug-likeness (QED) is 0.643. The van der Waals surface area contributed by atoms with Crippen LogP contribution in [0, 0.1) is 6.92 Å². The maximum Gasteiger partial charge on any atom is 0.191 e. The van der Waals surface area contributed by atoms with Crippen molar-refractivity contribution in [1.82, 2.24) is 4.90 Å². The Morgan fingerprint density at radius 3 is 2.61 bits per heavy atom. The summed E-state index contributed by atoms with van der Waals surface area (Å²) in [6.45, 7) is 4.90. The molecule has 18 heavy (non-hydrogen) atoms. The van der Waals surface area contributed by atoms with Gasteiger partial charge in [0.2, 0.25) is 0 Å². The van der Waals surface area contributed by atoms with Gasteiger partial charge in [-0.1, -0.05) is 42.7 Å². The van der Waals surface area contributed by atoms with Crippen molar-refractivity contribution in [2.45, 2.75) is 39.2 Å². The predicted octanol–water partition coefficient (Wildman–Crippen LogP) is 2.69. The minimum absolute atomic E-state index is 0.685. The number of hydrogen-bond acceptors (Lipinski definition) is 1. The fraction of sp³-hybridized carbons (Fsp3) is 0.533. The van der Waals surface area contributed by atoms with Crippen molar-refractivity contribution in [3.63, 3.8) is 0 Å². The molecule has 0 bridgehead atoms. The highest BCUT2D eigenvalue weighted by molar-refractivity contribution is 5.78. The standard InChI is InChI=1S/C15H23N3/c1-13-7-6-8-14(11-13)12-17-15(16)18-9-4-2-3-5-10-18/h6-8,11H,2-5,9-10,12H2,1H3,(H2,16,17). The Morgan fingerprint density at radius 1 is 1.22 bits per heavy atom. The number of hydrogen-bond donors (Lipinski definition) is 1. The van der Waals surface area contributed by atoms with E-state index >= 15 is 0 Å². The third-order valence-electron chi connectivity index (χ3n) is 3.44. The SMILES string of the molecule is Cc1cccc(CN=C(N)N2CCCCCC2)c1. The molecule has 0 radical (unpaired) electrons. The number of likely N-dealkylation sites (tertiary alicyclic amines) is 1. The van der Waals surface area contributed by atoms with E-state index in [1.807, 2.05) is 0 Å². The van der Waals surface area contributed by atoms with Crippen LogP contribution in [0.15, 0.2) is 29.3 Å². The molecule has 3 heteroatoms. The monoisotopic (exact) mass is 245 g/mol. The number of nitrogens with two attached hydrogens (primary N) is 1. The third-order valence-corrected chi connectivity index (χ3v) is 3.44. The summed E-state index contributed by atoms with van der Waals surface area (Å²) in [6.07, 6.45) is 5.12. The van der Waals surface area contributed by atoms with E-state index in [9.17, 15) is 0 Å².